The van der Waals surface area contributed by atoms with E-state index in [-0.39, 0.29) is 5.54 Å². The van der Waals surface area contributed by atoms with Gasteiger partial charge in [-0.15, -0.1) is 0 Å². The molecular weight excluding hydrogens is 246 g/mol. The fourth-order valence-corrected chi connectivity index (χ4v) is 2.97. The zero-order chi connectivity index (χ0) is 14.5. The highest BCUT2D eigenvalue weighted by atomic mass is 16.5. The molecule has 0 saturated heterocycles. The van der Waals surface area contributed by atoms with Crippen LogP contribution in [0.1, 0.15) is 26.3 Å². The molecule has 0 aliphatic carbocycles. The lowest BCUT2D eigenvalue weighted by molar-refractivity contribution is 0.414. The Morgan fingerprint density at radius 1 is 0.900 bits per heavy atom. The molecule has 0 N–H and O–H groups in total. The van der Waals surface area contributed by atoms with E-state index in [9.17, 15) is 0 Å². The summed E-state index contributed by atoms with van der Waals surface area (Å²) in [6.45, 7) is 8.88. The summed E-state index contributed by atoms with van der Waals surface area (Å²) in [7, 11) is 1.72. The number of methoxy groups -OCH3 is 1. The Labute approximate surface area is 120 Å². The molecule has 1 aromatic heterocycles. The number of rotatable bonds is 1. The largest absolute Gasteiger partial charge is 0.497 e. The van der Waals surface area contributed by atoms with Gasteiger partial charge in [0, 0.05) is 27.3 Å². The van der Waals surface area contributed by atoms with Gasteiger partial charge < -0.3 is 9.30 Å². The molecule has 0 radical (unpaired) electrons. The van der Waals surface area contributed by atoms with Gasteiger partial charge in [0.2, 0.25) is 0 Å². The van der Waals surface area contributed by atoms with Gasteiger partial charge in [0.05, 0.1) is 7.11 Å². The topological polar surface area (TPSA) is 14.2 Å². The fourth-order valence-electron chi connectivity index (χ4n) is 2.97. The Kier molecular flexibility index (Phi) is 2.79. The molecule has 0 unspecified atom stereocenters. The Balaban J connectivity index is 2.52. The quantitative estimate of drug-likeness (QED) is 0.613. The number of hydrogen-bond acceptors (Lipinski definition) is 1. The van der Waals surface area contributed by atoms with E-state index in [0.717, 1.165) is 5.75 Å². The van der Waals surface area contributed by atoms with Crippen molar-refractivity contribution in [2.45, 2.75) is 33.2 Å². The number of fused-ring (bicyclic) bond motifs is 3. The average Bonchev–Trinajstić information content (AvgIpc) is 2.71. The van der Waals surface area contributed by atoms with Gasteiger partial charge in [0.25, 0.3) is 0 Å². The van der Waals surface area contributed by atoms with Crippen molar-refractivity contribution < 1.29 is 4.74 Å². The first-order chi connectivity index (χ1) is 9.41. The van der Waals surface area contributed by atoms with E-state index in [0.29, 0.717) is 0 Å². The van der Waals surface area contributed by atoms with Crippen LogP contribution in [0.15, 0.2) is 36.4 Å². The van der Waals surface area contributed by atoms with Crippen molar-refractivity contribution in [2.24, 2.45) is 0 Å². The van der Waals surface area contributed by atoms with Crippen LogP contribution in [0.5, 0.6) is 5.75 Å². The number of nitrogens with zero attached hydrogens (tertiary/aromatic N) is 1. The van der Waals surface area contributed by atoms with E-state index >= 15 is 0 Å². The van der Waals surface area contributed by atoms with Crippen molar-refractivity contribution >= 4 is 21.8 Å². The molecule has 3 aromatic rings. The van der Waals surface area contributed by atoms with E-state index in [1.165, 1.54) is 27.4 Å². The van der Waals surface area contributed by atoms with Gasteiger partial charge in [0.1, 0.15) is 5.75 Å². The zero-order valence-electron chi connectivity index (χ0n) is 12.8. The van der Waals surface area contributed by atoms with Crippen LogP contribution >= 0.6 is 0 Å². The minimum atomic E-state index is 0.0455. The summed E-state index contributed by atoms with van der Waals surface area (Å²) in [6, 6.07) is 13.0. The van der Waals surface area contributed by atoms with Crippen molar-refractivity contribution in [3.63, 3.8) is 0 Å². The summed E-state index contributed by atoms with van der Waals surface area (Å²) in [6.07, 6.45) is 0. The van der Waals surface area contributed by atoms with Gasteiger partial charge in [-0.05, 0) is 58.0 Å². The lowest BCUT2D eigenvalue weighted by Crippen LogP contribution is -2.21. The van der Waals surface area contributed by atoms with Crippen LogP contribution < -0.4 is 4.74 Å². The predicted octanol–water partition coefficient (Wildman–Crippen LogP) is 4.87. The Morgan fingerprint density at radius 3 is 2.10 bits per heavy atom. The molecule has 2 heteroatoms. The maximum absolute atomic E-state index is 5.39. The summed E-state index contributed by atoms with van der Waals surface area (Å²) in [5.74, 6) is 0.909. The van der Waals surface area contributed by atoms with Gasteiger partial charge in [-0.25, -0.2) is 0 Å². The third-order valence-corrected chi connectivity index (χ3v) is 3.80. The molecule has 2 aromatic carbocycles. The SMILES string of the molecule is COc1ccc2c(c1)c1cc(C)ccc1n2C(C)(C)C. The second-order valence-electron chi connectivity index (χ2n) is 6.41. The molecule has 0 fully saturated rings. The first-order valence-corrected chi connectivity index (χ1v) is 7.01. The third-order valence-electron chi connectivity index (χ3n) is 3.80. The van der Waals surface area contributed by atoms with Crippen molar-refractivity contribution in [2.75, 3.05) is 7.11 Å². The van der Waals surface area contributed by atoms with E-state index in [4.69, 9.17) is 4.74 Å². The first kappa shape index (κ1) is 13.0. The van der Waals surface area contributed by atoms with Gasteiger partial charge >= 0.3 is 0 Å². The maximum atomic E-state index is 5.39. The minimum Gasteiger partial charge on any atom is -0.497 e. The lowest BCUT2D eigenvalue weighted by Gasteiger charge is -2.24. The monoisotopic (exact) mass is 267 g/mol. The second kappa shape index (κ2) is 4.27. The van der Waals surface area contributed by atoms with Crippen LogP contribution in [-0.4, -0.2) is 11.7 Å². The highest BCUT2D eigenvalue weighted by Gasteiger charge is 2.20. The first-order valence-electron chi connectivity index (χ1n) is 7.01. The molecule has 2 nitrogen and oxygen atoms in total. The molecule has 104 valence electrons. The summed E-state index contributed by atoms with van der Waals surface area (Å²) in [4.78, 5) is 0. The van der Waals surface area contributed by atoms with Crippen LogP contribution in [0.4, 0.5) is 0 Å². The normalized spacial score (nSPS) is 12.2. The highest BCUT2D eigenvalue weighted by Crippen LogP contribution is 2.36. The lowest BCUT2D eigenvalue weighted by atomic mass is 10.1. The third kappa shape index (κ3) is 1.87. The maximum Gasteiger partial charge on any atom is 0.119 e. The summed E-state index contributed by atoms with van der Waals surface area (Å²) in [5.41, 5.74) is 3.88. The minimum absolute atomic E-state index is 0.0455. The van der Waals surface area contributed by atoms with Crippen LogP contribution in [0, 0.1) is 6.92 Å². The second-order valence-corrected chi connectivity index (χ2v) is 6.41. The van der Waals surface area contributed by atoms with Crippen molar-refractivity contribution in [1.29, 1.82) is 0 Å². The van der Waals surface area contributed by atoms with E-state index in [2.05, 4.69) is 62.6 Å². The zero-order valence-corrected chi connectivity index (χ0v) is 12.8. The molecule has 20 heavy (non-hydrogen) atoms. The molecule has 0 atom stereocenters. The summed E-state index contributed by atoms with van der Waals surface area (Å²) >= 11 is 0. The van der Waals surface area contributed by atoms with Gasteiger partial charge in [0.15, 0.2) is 0 Å². The molecule has 0 amide bonds. The number of aromatic nitrogens is 1. The number of benzene rings is 2. The number of ether oxygens (including phenoxy) is 1. The molecule has 0 aliphatic rings. The Hall–Kier alpha value is -1.96. The molecule has 0 aliphatic heterocycles. The average molecular weight is 267 g/mol. The van der Waals surface area contributed by atoms with Gasteiger partial charge in [-0.2, -0.15) is 0 Å². The van der Waals surface area contributed by atoms with Crippen molar-refractivity contribution in [1.82, 2.24) is 4.57 Å². The molecule has 0 saturated carbocycles. The Morgan fingerprint density at radius 2 is 1.50 bits per heavy atom. The van der Waals surface area contributed by atoms with E-state index in [1.54, 1.807) is 7.11 Å². The molecular formula is C18H21NO. The van der Waals surface area contributed by atoms with Crippen LogP contribution in [0.25, 0.3) is 21.8 Å². The van der Waals surface area contributed by atoms with E-state index in [1.807, 2.05) is 6.07 Å². The fraction of sp³-hybridized carbons (Fsp3) is 0.333. The van der Waals surface area contributed by atoms with Crippen LogP contribution in [0.3, 0.4) is 0 Å². The Bertz CT molecular complexity index is 790. The van der Waals surface area contributed by atoms with Crippen LogP contribution in [0.2, 0.25) is 0 Å². The molecule has 0 spiro atoms. The van der Waals surface area contributed by atoms with E-state index < -0.39 is 0 Å². The number of hydrogen-bond donors (Lipinski definition) is 0. The molecule has 1 heterocycles. The van der Waals surface area contributed by atoms with Crippen molar-refractivity contribution in [3.8, 4) is 5.75 Å². The highest BCUT2D eigenvalue weighted by molar-refractivity contribution is 6.09. The smallest absolute Gasteiger partial charge is 0.119 e. The van der Waals surface area contributed by atoms with Crippen molar-refractivity contribution in [3.05, 3.63) is 42.0 Å². The molecule has 0 bridgehead atoms. The standard InChI is InChI=1S/C18H21NO/c1-12-6-8-16-14(10-12)15-11-13(20-5)7-9-17(15)19(16)18(2,3)4/h6-11H,1-5H3. The van der Waals surface area contributed by atoms with Gasteiger partial charge in [-0.1, -0.05) is 11.6 Å². The van der Waals surface area contributed by atoms with Crippen LogP contribution in [-0.2, 0) is 5.54 Å². The summed E-state index contributed by atoms with van der Waals surface area (Å²) < 4.78 is 7.80. The summed E-state index contributed by atoms with van der Waals surface area (Å²) in [5, 5.41) is 2.56. The predicted molar refractivity (Wildman–Crippen MR) is 85.7 cm³/mol. The molecule has 3 rings (SSSR count). The number of aryl methyl sites for hydroxylation is 1. The van der Waals surface area contributed by atoms with Gasteiger partial charge in [-0.3, -0.25) is 0 Å².